The molecule has 1 N–H and O–H groups in total. The minimum absolute atomic E-state index is 0. The molecule has 0 spiro atoms. The van der Waals surface area contributed by atoms with Gasteiger partial charge >= 0.3 is 26.2 Å². The summed E-state index contributed by atoms with van der Waals surface area (Å²) < 4.78 is 2.23. The van der Waals surface area contributed by atoms with Gasteiger partial charge in [0.25, 0.3) is 5.91 Å². The van der Waals surface area contributed by atoms with E-state index in [1.54, 1.807) is 0 Å². The van der Waals surface area contributed by atoms with Crippen molar-refractivity contribution >= 4 is 33.4 Å². The van der Waals surface area contributed by atoms with E-state index in [2.05, 4.69) is 60.1 Å². The summed E-state index contributed by atoms with van der Waals surface area (Å²) in [6.45, 7) is 11.4. The van der Waals surface area contributed by atoms with E-state index in [9.17, 15) is 4.79 Å². The molecule has 0 atom stereocenters. The van der Waals surface area contributed by atoms with Crippen LogP contribution in [0.2, 0.25) is 0 Å². The number of carbonyl (C=O) groups excluding carboxylic acids is 1. The summed E-state index contributed by atoms with van der Waals surface area (Å²) in [6.07, 6.45) is 0. The molecular weight excluding hydrogens is 702 g/mol. The van der Waals surface area contributed by atoms with E-state index in [1.807, 2.05) is 147 Å². The largest absolute Gasteiger partial charge is 2.00 e. The maximum absolute atomic E-state index is 13.5. The molecule has 248 valence electrons. The summed E-state index contributed by atoms with van der Waals surface area (Å²) in [5.41, 5.74) is 10.3. The first kappa shape index (κ1) is 36.6. The summed E-state index contributed by atoms with van der Waals surface area (Å²) in [7, 11) is 0. The first-order valence-electron chi connectivity index (χ1n) is 16.6. The van der Waals surface area contributed by atoms with E-state index < -0.39 is 0 Å². The molecule has 4 nitrogen and oxygen atoms in total. The number of fused-ring (bicyclic) bond motifs is 2. The van der Waals surface area contributed by atoms with Crippen molar-refractivity contribution in [2.75, 3.05) is 5.32 Å². The van der Waals surface area contributed by atoms with Gasteiger partial charge in [0.15, 0.2) is 0 Å². The van der Waals surface area contributed by atoms with Crippen LogP contribution < -0.4 is 5.32 Å². The van der Waals surface area contributed by atoms with Gasteiger partial charge in [0.1, 0.15) is 0 Å². The smallest absolute Gasteiger partial charge is 0.321 e. The van der Waals surface area contributed by atoms with Crippen molar-refractivity contribution in [3.8, 4) is 17.1 Å². The molecule has 8 rings (SSSR count). The normalized spacial score (nSPS) is 10.2. The Balaban J connectivity index is 0.000000280. The fourth-order valence-electron chi connectivity index (χ4n) is 5.82. The number of rotatable bonds is 4. The zero-order valence-electron chi connectivity index (χ0n) is 28.9. The molecule has 0 saturated carbocycles. The number of amides is 1. The van der Waals surface area contributed by atoms with Gasteiger partial charge in [-0.25, -0.2) is 4.98 Å². The van der Waals surface area contributed by atoms with E-state index in [4.69, 9.17) is 4.98 Å². The van der Waals surface area contributed by atoms with Gasteiger partial charge in [-0.1, -0.05) is 84.9 Å². The summed E-state index contributed by atoms with van der Waals surface area (Å²) in [5.74, 6) is -0.161. The molecule has 0 aliphatic carbocycles. The standard InChI is InChI=1S/C32H25N3O.2C7H7.Zr/c1-21-10-8-11-22(2)30(21)34-32(36)26-16-9-13-23-18-19-27(33-31(23)26)29-20-24-12-6-7-17-28(24)35(29)25-14-4-3-5-15-25;2*1-7-5-3-2-4-6-7;/h3-20H,1-2H3,(H,34,36);2*2-6H,1H2;/q;2*-1;+2. The van der Waals surface area contributed by atoms with Crippen LogP contribution in [0.15, 0.2) is 170 Å². The molecule has 0 bridgehead atoms. The second kappa shape index (κ2) is 17.3. The minimum atomic E-state index is -0.161. The van der Waals surface area contributed by atoms with Crippen LogP contribution in [0.4, 0.5) is 5.69 Å². The van der Waals surface area contributed by atoms with Crippen LogP contribution >= 0.6 is 0 Å². The Hall–Kier alpha value is -5.64. The van der Waals surface area contributed by atoms with E-state index in [0.717, 1.165) is 61.3 Å². The van der Waals surface area contributed by atoms with Gasteiger partial charge in [-0.2, -0.15) is 49.2 Å². The minimum Gasteiger partial charge on any atom is -0.321 e. The first-order valence-corrected chi connectivity index (χ1v) is 16.6. The Morgan fingerprint density at radius 3 is 1.71 bits per heavy atom. The van der Waals surface area contributed by atoms with E-state index in [-0.39, 0.29) is 32.1 Å². The van der Waals surface area contributed by atoms with Gasteiger partial charge in [-0.15, -0.1) is 24.3 Å². The second-order valence-corrected chi connectivity index (χ2v) is 12.0. The van der Waals surface area contributed by atoms with Crippen molar-refractivity contribution < 1.29 is 31.0 Å². The number of benzene rings is 6. The maximum Gasteiger partial charge on any atom is 2.00 e. The topological polar surface area (TPSA) is 46.9 Å². The SMILES string of the molecule is Cc1cccc(C)c1NC(=O)c1cccc2ccc(-c3cc4ccccc4n3-c3ccccc3)nc12.[CH2-]c1ccccc1.[CH2-]c1ccccc1.[Zr+2]. The zero-order valence-corrected chi connectivity index (χ0v) is 31.3. The van der Waals surface area contributed by atoms with Crippen LogP contribution in [0.25, 0.3) is 38.9 Å². The number of aryl methyl sites for hydroxylation is 2. The number of hydrogen-bond donors (Lipinski definition) is 1. The Morgan fingerprint density at radius 2 is 1.12 bits per heavy atom. The number of para-hydroxylation sites is 4. The number of anilines is 1. The molecule has 0 fully saturated rings. The predicted octanol–water partition coefficient (Wildman–Crippen LogP) is 11.4. The van der Waals surface area contributed by atoms with Gasteiger partial charge < -0.3 is 9.88 Å². The fourth-order valence-corrected chi connectivity index (χ4v) is 5.82. The van der Waals surface area contributed by atoms with Gasteiger partial charge in [0.05, 0.1) is 28.0 Å². The summed E-state index contributed by atoms with van der Waals surface area (Å²) in [5, 5.41) is 5.19. The van der Waals surface area contributed by atoms with Crippen molar-refractivity contribution in [2.24, 2.45) is 0 Å². The van der Waals surface area contributed by atoms with Crippen molar-refractivity contribution in [3.63, 3.8) is 0 Å². The number of carbonyl (C=O) groups is 1. The molecule has 0 unspecified atom stereocenters. The van der Waals surface area contributed by atoms with Gasteiger partial charge in [-0.05, 0) is 61.4 Å². The van der Waals surface area contributed by atoms with Crippen LogP contribution in [0.1, 0.15) is 32.6 Å². The predicted molar refractivity (Wildman–Crippen MR) is 210 cm³/mol. The zero-order chi connectivity index (χ0) is 34.9. The third-order valence-corrected chi connectivity index (χ3v) is 8.36. The third-order valence-electron chi connectivity index (χ3n) is 8.36. The molecule has 0 radical (unpaired) electrons. The van der Waals surface area contributed by atoms with Crippen LogP contribution in [0.5, 0.6) is 0 Å². The molecule has 5 heteroatoms. The van der Waals surface area contributed by atoms with Gasteiger partial charge in [0.2, 0.25) is 0 Å². The summed E-state index contributed by atoms with van der Waals surface area (Å²) >= 11 is 0. The Labute approximate surface area is 320 Å². The average molecular weight is 741 g/mol. The quantitative estimate of drug-likeness (QED) is 0.183. The van der Waals surface area contributed by atoms with Crippen molar-refractivity contribution in [1.29, 1.82) is 0 Å². The van der Waals surface area contributed by atoms with Crippen LogP contribution in [0, 0.1) is 27.7 Å². The van der Waals surface area contributed by atoms with Gasteiger partial charge in [-0.3, -0.25) is 4.79 Å². The van der Waals surface area contributed by atoms with Crippen molar-refractivity contribution in [1.82, 2.24) is 9.55 Å². The molecule has 0 aliphatic rings. The van der Waals surface area contributed by atoms with Crippen molar-refractivity contribution in [2.45, 2.75) is 13.8 Å². The molecular formula is C46H39N3OZr. The number of aromatic nitrogens is 2. The molecule has 6 aromatic carbocycles. The molecule has 8 aromatic rings. The third kappa shape index (κ3) is 8.94. The monoisotopic (exact) mass is 739 g/mol. The van der Waals surface area contributed by atoms with Crippen LogP contribution in [0.3, 0.4) is 0 Å². The maximum atomic E-state index is 13.5. The molecule has 2 heterocycles. The van der Waals surface area contributed by atoms with Crippen LogP contribution in [-0.2, 0) is 26.2 Å². The molecule has 51 heavy (non-hydrogen) atoms. The van der Waals surface area contributed by atoms with E-state index in [1.165, 1.54) is 0 Å². The summed E-state index contributed by atoms with van der Waals surface area (Å²) in [4.78, 5) is 18.5. The number of nitrogens with zero attached hydrogens (tertiary/aromatic N) is 2. The molecule has 1 amide bonds. The van der Waals surface area contributed by atoms with E-state index >= 15 is 0 Å². The van der Waals surface area contributed by atoms with Crippen molar-refractivity contribution in [3.05, 3.63) is 212 Å². The van der Waals surface area contributed by atoms with Gasteiger partial charge in [0, 0.05) is 22.1 Å². The average Bonchev–Trinajstić information content (AvgIpc) is 3.54. The number of pyridine rings is 1. The van der Waals surface area contributed by atoms with E-state index in [0.29, 0.717) is 11.1 Å². The molecule has 2 aromatic heterocycles. The first-order chi connectivity index (χ1) is 24.4. The Morgan fingerprint density at radius 1 is 0.588 bits per heavy atom. The molecule has 0 aliphatic heterocycles. The Kier molecular flexibility index (Phi) is 12.5. The summed E-state index contributed by atoms with van der Waals surface area (Å²) in [6, 6.07) is 56.4. The number of hydrogen-bond acceptors (Lipinski definition) is 2. The fraction of sp³-hybridized carbons (Fsp3) is 0.0435. The molecule has 0 saturated heterocycles. The Bertz CT molecular complexity index is 2290. The van der Waals surface area contributed by atoms with Crippen LogP contribution in [-0.4, -0.2) is 15.5 Å². The second-order valence-electron chi connectivity index (χ2n) is 12.0. The number of nitrogens with one attached hydrogen (secondary N) is 1.